The molecule has 4 aromatic rings. The number of sulfone groups is 1. The van der Waals surface area contributed by atoms with Crippen molar-refractivity contribution in [2.75, 3.05) is 38.2 Å². The summed E-state index contributed by atoms with van der Waals surface area (Å²) in [6.45, 7) is 1.53. The third-order valence-electron chi connectivity index (χ3n) is 6.22. The molecule has 0 spiro atoms. The average molecular weight is 620 g/mol. The number of halogens is 3. The van der Waals surface area contributed by atoms with Gasteiger partial charge in [-0.05, 0) is 55.3 Å². The third-order valence-corrected chi connectivity index (χ3v) is 7.25. The minimum atomic E-state index is -4.79. The first-order valence-corrected chi connectivity index (χ1v) is 14.8. The molecule has 0 aliphatic carbocycles. The van der Waals surface area contributed by atoms with Gasteiger partial charge < -0.3 is 24.3 Å². The number of alkyl halides is 3. The van der Waals surface area contributed by atoms with Crippen LogP contribution < -0.4 is 24.3 Å². The number of fused-ring (bicyclic) bond motifs is 1. The van der Waals surface area contributed by atoms with Gasteiger partial charge >= 0.3 is 6.18 Å². The molecule has 4 rings (SSSR count). The summed E-state index contributed by atoms with van der Waals surface area (Å²) in [5, 5.41) is 2.99. The Morgan fingerprint density at radius 1 is 0.930 bits per heavy atom. The van der Waals surface area contributed by atoms with Gasteiger partial charge in [0.2, 0.25) is 5.88 Å². The van der Waals surface area contributed by atoms with Crippen molar-refractivity contribution in [3.63, 3.8) is 0 Å². The summed E-state index contributed by atoms with van der Waals surface area (Å²) in [5.41, 5.74) is 0.0814. The molecule has 0 saturated carbocycles. The highest BCUT2D eigenvalue weighted by atomic mass is 32.2. The molecule has 10 nitrogen and oxygen atoms in total. The lowest BCUT2D eigenvalue weighted by Crippen LogP contribution is -2.15. The molecule has 1 aromatic heterocycles. The number of nitrogens with zero attached hydrogens (tertiary/aromatic N) is 2. The number of amides is 1. The second kappa shape index (κ2) is 12.7. The van der Waals surface area contributed by atoms with E-state index in [2.05, 4.69) is 15.3 Å². The van der Waals surface area contributed by atoms with Crippen LogP contribution in [-0.4, -0.2) is 57.1 Å². The Morgan fingerprint density at radius 2 is 1.65 bits per heavy atom. The molecule has 0 bridgehead atoms. The molecule has 43 heavy (non-hydrogen) atoms. The first kappa shape index (κ1) is 31.3. The predicted molar refractivity (Wildman–Crippen MR) is 153 cm³/mol. The van der Waals surface area contributed by atoms with Gasteiger partial charge in [-0.25, -0.2) is 18.4 Å². The van der Waals surface area contributed by atoms with Crippen molar-refractivity contribution in [1.29, 1.82) is 0 Å². The van der Waals surface area contributed by atoms with Gasteiger partial charge in [-0.2, -0.15) is 13.2 Å². The highest BCUT2D eigenvalue weighted by molar-refractivity contribution is 7.90. The van der Waals surface area contributed by atoms with E-state index in [1.165, 1.54) is 38.7 Å². The molecule has 0 fully saturated rings. The Morgan fingerprint density at radius 3 is 2.33 bits per heavy atom. The maximum Gasteiger partial charge on any atom is 0.420 e. The fourth-order valence-corrected chi connectivity index (χ4v) is 4.70. The van der Waals surface area contributed by atoms with Crippen LogP contribution in [0.2, 0.25) is 0 Å². The fraction of sp³-hybridized carbons (Fsp3) is 0.276. The van der Waals surface area contributed by atoms with Crippen LogP contribution in [0, 0.1) is 6.92 Å². The first-order valence-electron chi connectivity index (χ1n) is 12.8. The molecule has 228 valence electrons. The second-order valence-corrected chi connectivity index (χ2v) is 11.7. The zero-order valence-corrected chi connectivity index (χ0v) is 24.4. The zero-order chi connectivity index (χ0) is 31.4. The van der Waals surface area contributed by atoms with Gasteiger partial charge in [0.15, 0.2) is 11.5 Å². The molecule has 0 atom stereocenters. The van der Waals surface area contributed by atoms with Gasteiger partial charge in [0.05, 0.1) is 43.0 Å². The Bertz CT molecular complexity index is 1760. The van der Waals surface area contributed by atoms with Gasteiger partial charge in [-0.15, -0.1) is 0 Å². The standard InChI is InChI=1S/C29H28F3N3O7S/c1-17-6-7-18(12-24(17)42-28-20-14-25(39-2)26(40-3)15-22(20)33-16-34-28)27(36)35-19-8-9-23(21(13-19)29(30,31)32)41-10-5-11-43(4,37)38/h6-9,12-16H,5,10-11H2,1-4H3,(H,35,36). The number of ether oxygens (including phenoxy) is 4. The Hall–Kier alpha value is -4.59. The molecule has 3 aromatic carbocycles. The Kier molecular flexibility index (Phi) is 9.28. The normalized spacial score (nSPS) is 11.7. The predicted octanol–water partition coefficient (Wildman–Crippen LogP) is 5.83. The number of anilines is 1. The van der Waals surface area contributed by atoms with Crippen molar-refractivity contribution >= 4 is 32.3 Å². The van der Waals surface area contributed by atoms with Crippen LogP contribution in [0.25, 0.3) is 10.9 Å². The molecular formula is C29H28F3N3O7S. The number of nitrogens with one attached hydrogen (secondary N) is 1. The van der Waals surface area contributed by atoms with E-state index in [4.69, 9.17) is 18.9 Å². The molecule has 1 amide bonds. The monoisotopic (exact) mass is 619 g/mol. The van der Waals surface area contributed by atoms with E-state index in [0.29, 0.717) is 28.0 Å². The molecule has 1 heterocycles. The number of aromatic nitrogens is 2. The molecule has 0 radical (unpaired) electrons. The Balaban J connectivity index is 1.56. The van der Waals surface area contributed by atoms with Crippen molar-refractivity contribution in [2.45, 2.75) is 19.5 Å². The summed E-state index contributed by atoms with van der Waals surface area (Å²) in [7, 11) is -0.292. The van der Waals surface area contributed by atoms with Crippen LogP contribution in [0.3, 0.4) is 0 Å². The summed E-state index contributed by atoms with van der Waals surface area (Å²) in [6, 6.07) is 11.0. The second-order valence-electron chi connectivity index (χ2n) is 9.48. The molecule has 1 N–H and O–H groups in total. The fourth-order valence-electron chi connectivity index (χ4n) is 4.06. The molecule has 14 heteroatoms. The van der Waals surface area contributed by atoms with Crippen LogP contribution in [-0.2, 0) is 16.0 Å². The van der Waals surface area contributed by atoms with Gasteiger partial charge in [-0.1, -0.05) is 6.07 Å². The summed E-state index contributed by atoms with van der Waals surface area (Å²) in [4.78, 5) is 21.5. The van der Waals surface area contributed by atoms with E-state index in [1.807, 2.05) is 0 Å². The quantitative estimate of drug-likeness (QED) is 0.206. The van der Waals surface area contributed by atoms with E-state index in [0.717, 1.165) is 18.4 Å². The number of carbonyl (C=O) groups is 1. The molecule has 0 unspecified atom stereocenters. The van der Waals surface area contributed by atoms with E-state index < -0.39 is 33.2 Å². The summed E-state index contributed by atoms with van der Waals surface area (Å²) in [6.07, 6.45) is -2.42. The maximum absolute atomic E-state index is 13.8. The Labute approximate surface area is 245 Å². The van der Waals surface area contributed by atoms with Gasteiger partial charge in [-0.3, -0.25) is 4.79 Å². The highest BCUT2D eigenvalue weighted by Gasteiger charge is 2.35. The van der Waals surface area contributed by atoms with Crippen molar-refractivity contribution in [3.05, 3.63) is 71.5 Å². The number of carbonyl (C=O) groups excluding carboxylic acids is 1. The van der Waals surface area contributed by atoms with Crippen molar-refractivity contribution in [1.82, 2.24) is 9.97 Å². The van der Waals surface area contributed by atoms with Crippen molar-refractivity contribution in [3.8, 4) is 28.9 Å². The van der Waals surface area contributed by atoms with Gasteiger partial charge in [0, 0.05) is 23.6 Å². The average Bonchev–Trinajstić information content (AvgIpc) is 2.95. The van der Waals surface area contributed by atoms with Gasteiger partial charge in [0.1, 0.15) is 27.7 Å². The van der Waals surface area contributed by atoms with E-state index in [1.54, 1.807) is 25.1 Å². The SMILES string of the molecule is COc1cc2ncnc(Oc3cc(C(=O)Nc4ccc(OCCCS(C)(=O)=O)c(C(F)(F)F)c4)ccc3C)c2cc1OC. The zero-order valence-electron chi connectivity index (χ0n) is 23.6. The molecule has 0 aliphatic rings. The van der Waals surface area contributed by atoms with E-state index >= 15 is 0 Å². The number of hydrogen-bond acceptors (Lipinski definition) is 9. The van der Waals surface area contributed by atoms with Gasteiger partial charge in [0.25, 0.3) is 5.91 Å². The minimum absolute atomic E-state index is 0.0268. The van der Waals surface area contributed by atoms with Crippen LogP contribution in [0.1, 0.15) is 27.9 Å². The number of methoxy groups -OCH3 is 2. The topological polar surface area (TPSA) is 126 Å². The minimum Gasteiger partial charge on any atom is -0.493 e. The van der Waals surface area contributed by atoms with Crippen molar-refractivity contribution < 1.29 is 45.3 Å². The maximum atomic E-state index is 13.8. The van der Waals surface area contributed by atoms with E-state index in [9.17, 15) is 26.4 Å². The number of rotatable bonds is 11. The lowest BCUT2D eigenvalue weighted by atomic mass is 10.1. The van der Waals surface area contributed by atoms with Crippen LogP contribution >= 0.6 is 0 Å². The van der Waals surface area contributed by atoms with Crippen molar-refractivity contribution in [2.24, 2.45) is 0 Å². The molecule has 0 saturated heterocycles. The summed E-state index contributed by atoms with van der Waals surface area (Å²) >= 11 is 0. The number of aryl methyl sites for hydroxylation is 1. The largest absolute Gasteiger partial charge is 0.493 e. The number of hydrogen-bond donors (Lipinski definition) is 1. The third kappa shape index (κ3) is 7.83. The van der Waals surface area contributed by atoms with Crippen LogP contribution in [0.5, 0.6) is 28.9 Å². The lowest BCUT2D eigenvalue weighted by Gasteiger charge is -2.16. The highest BCUT2D eigenvalue weighted by Crippen LogP contribution is 2.39. The summed E-state index contributed by atoms with van der Waals surface area (Å²) < 4.78 is 85.8. The molecular weight excluding hydrogens is 591 g/mol. The first-order chi connectivity index (χ1) is 20.3. The summed E-state index contributed by atoms with van der Waals surface area (Å²) in [5.74, 6) is -0.00103. The van der Waals surface area contributed by atoms with Crippen LogP contribution in [0.15, 0.2) is 54.9 Å². The number of benzene rings is 3. The van der Waals surface area contributed by atoms with Crippen LogP contribution in [0.4, 0.5) is 18.9 Å². The molecule has 0 aliphatic heterocycles. The van der Waals surface area contributed by atoms with E-state index in [-0.39, 0.29) is 41.7 Å². The lowest BCUT2D eigenvalue weighted by molar-refractivity contribution is -0.138. The smallest absolute Gasteiger partial charge is 0.420 e.